The van der Waals surface area contributed by atoms with Crippen LogP contribution in [0.3, 0.4) is 0 Å². The lowest BCUT2D eigenvalue weighted by atomic mass is 10.1. The van der Waals surface area contributed by atoms with E-state index in [1.54, 1.807) is 4.31 Å². The molecule has 0 saturated carbocycles. The van der Waals surface area contributed by atoms with E-state index >= 15 is 0 Å². The molecule has 2 rings (SSSR count). The van der Waals surface area contributed by atoms with Crippen molar-refractivity contribution >= 4 is 10.0 Å². The number of sulfonamides is 1. The van der Waals surface area contributed by atoms with Gasteiger partial charge in [0.25, 0.3) is 0 Å². The van der Waals surface area contributed by atoms with E-state index in [2.05, 4.69) is 0 Å². The fourth-order valence-electron chi connectivity index (χ4n) is 2.63. The van der Waals surface area contributed by atoms with Crippen molar-refractivity contribution in [1.29, 1.82) is 0 Å². The summed E-state index contributed by atoms with van der Waals surface area (Å²) >= 11 is 0. The zero-order chi connectivity index (χ0) is 13.4. The molecule has 0 aliphatic carbocycles. The van der Waals surface area contributed by atoms with E-state index < -0.39 is 10.0 Å². The second-order valence-corrected chi connectivity index (χ2v) is 8.03. The van der Waals surface area contributed by atoms with Gasteiger partial charge in [0.15, 0.2) is 0 Å². The summed E-state index contributed by atoms with van der Waals surface area (Å²) in [5, 5.41) is -0.296. The summed E-state index contributed by atoms with van der Waals surface area (Å²) in [4.78, 5) is 0. The van der Waals surface area contributed by atoms with Crippen molar-refractivity contribution in [2.75, 3.05) is 26.3 Å². The van der Waals surface area contributed by atoms with Crippen molar-refractivity contribution in [3.63, 3.8) is 0 Å². The summed E-state index contributed by atoms with van der Waals surface area (Å²) in [5.74, 6) is 0. The molecule has 0 aromatic carbocycles. The fraction of sp³-hybridized carbons (Fsp3) is 1.00. The van der Waals surface area contributed by atoms with Crippen molar-refractivity contribution in [3.05, 3.63) is 0 Å². The quantitative estimate of drug-likeness (QED) is 0.755. The first kappa shape index (κ1) is 14.2. The SMILES string of the molecule is C[C@H]1C[C@@H](S(=O)(=O)N2CCOC(C)(C)C2)CCO1. The lowest BCUT2D eigenvalue weighted by molar-refractivity contribution is -0.0646. The van der Waals surface area contributed by atoms with Crippen LogP contribution in [0.2, 0.25) is 0 Å². The van der Waals surface area contributed by atoms with Gasteiger partial charge in [-0.15, -0.1) is 0 Å². The van der Waals surface area contributed by atoms with Crippen molar-refractivity contribution in [1.82, 2.24) is 4.31 Å². The van der Waals surface area contributed by atoms with Gasteiger partial charge in [0.1, 0.15) is 0 Å². The number of hydrogen-bond acceptors (Lipinski definition) is 4. The van der Waals surface area contributed by atoms with E-state index in [0.717, 1.165) is 0 Å². The molecule has 2 aliphatic heterocycles. The van der Waals surface area contributed by atoms with Crippen molar-refractivity contribution in [2.24, 2.45) is 0 Å². The molecule has 5 nitrogen and oxygen atoms in total. The Morgan fingerprint density at radius 2 is 2.00 bits per heavy atom. The van der Waals surface area contributed by atoms with Crippen LogP contribution in [0.4, 0.5) is 0 Å². The van der Waals surface area contributed by atoms with Gasteiger partial charge in [-0.1, -0.05) is 0 Å². The van der Waals surface area contributed by atoms with Crippen LogP contribution in [0.15, 0.2) is 0 Å². The largest absolute Gasteiger partial charge is 0.378 e. The molecule has 0 aromatic rings. The smallest absolute Gasteiger partial charge is 0.217 e. The van der Waals surface area contributed by atoms with Gasteiger partial charge < -0.3 is 9.47 Å². The van der Waals surface area contributed by atoms with Gasteiger partial charge in [-0.25, -0.2) is 8.42 Å². The van der Waals surface area contributed by atoms with Gasteiger partial charge in [0.2, 0.25) is 10.0 Å². The first-order chi connectivity index (χ1) is 8.31. The highest BCUT2D eigenvalue weighted by Gasteiger charge is 2.39. The Bertz CT molecular complexity index is 393. The number of nitrogens with zero attached hydrogens (tertiary/aromatic N) is 1. The molecule has 2 heterocycles. The fourth-order valence-corrected chi connectivity index (χ4v) is 4.78. The zero-order valence-electron chi connectivity index (χ0n) is 11.4. The molecule has 0 radical (unpaired) electrons. The molecule has 0 N–H and O–H groups in total. The summed E-state index contributed by atoms with van der Waals surface area (Å²) in [6.07, 6.45) is 1.23. The number of hydrogen-bond donors (Lipinski definition) is 0. The van der Waals surface area contributed by atoms with Crippen LogP contribution in [-0.4, -0.2) is 56.0 Å². The molecule has 0 bridgehead atoms. The minimum Gasteiger partial charge on any atom is -0.378 e. The van der Waals surface area contributed by atoms with E-state index in [1.165, 1.54) is 0 Å². The van der Waals surface area contributed by atoms with Crippen molar-refractivity contribution in [3.8, 4) is 0 Å². The van der Waals surface area contributed by atoms with Crippen molar-refractivity contribution < 1.29 is 17.9 Å². The monoisotopic (exact) mass is 277 g/mol. The van der Waals surface area contributed by atoms with E-state index in [-0.39, 0.29) is 17.0 Å². The third kappa shape index (κ3) is 3.04. The Balaban J connectivity index is 2.10. The summed E-state index contributed by atoms with van der Waals surface area (Å²) in [6.45, 7) is 7.73. The van der Waals surface area contributed by atoms with Crippen molar-refractivity contribution in [2.45, 2.75) is 50.6 Å². The first-order valence-corrected chi connectivity index (χ1v) is 8.06. The van der Waals surface area contributed by atoms with Crippen LogP contribution < -0.4 is 0 Å². The minimum absolute atomic E-state index is 0.0348. The Hall–Kier alpha value is -0.170. The molecule has 18 heavy (non-hydrogen) atoms. The molecule has 2 fully saturated rings. The second-order valence-electron chi connectivity index (χ2n) is 5.81. The maximum atomic E-state index is 12.6. The second kappa shape index (κ2) is 5.07. The summed E-state index contributed by atoms with van der Waals surface area (Å²) in [7, 11) is -3.22. The molecule has 0 aromatic heterocycles. The highest BCUT2D eigenvalue weighted by molar-refractivity contribution is 7.89. The molecule has 0 unspecified atom stereocenters. The van der Waals surface area contributed by atoms with Crippen LogP contribution in [0.1, 0.15) is 33.6 Å². The molecular weight excluding hydrogens is 254 g/mol. The van der Waals surface area contributed by atoms with Gasteiger partial charge in [0, 0.05) is 19.7 Å². The van der Waals surface area contributed by atoms with E-state index in [0.29, 0.717) is 39.1 Å². The van der Waals surface area contributed by atoms with Gasteiger partial charge in [-0.2, -0.15) is 4.31 Å². The number of rotatable bonds is 2. The number of ether oxygens (including phenoxy) is 2. The summed E-state index contributed by atoms with van der Waals surface area (Å²) < 4.78 is 37.8. The lowest BCUT2D eigenvalue weighted by Crippen LogP contribution is -2.53. The van der Waals surface area contributed by atoms with E-state index in [4.69, 9.17) is 9.47 Å². The van der Waals surface area contributed by atoms with Crippen LogP contribution in [0.5, 0.6) is 0 Å². The molecule has 0 amide bonds. The summed E-state index contributed by atoms with van der Waals surface area (Å²) in [5.41, 5.74) is -0.387. The molecule has 106 valence electrons. The predicted octanol–water partition coefficient (Wildman–Crippen LogP) is 0.994. The molecule has 6 heteroatoms. The highest BCUT2D eigenvalue weighted by atomic mass is 32.2. The minimum atomic E-state index is -3.22. The Morgan fingerprint density at radius 1 is 1.28 bits per heavy atom. The Morgan fingerprint density at radius 3 is 2.61 bits per heavy atom. The normalized spacial score (nSPS) is 34.4. The van der Waals surface area contributed by atoms with Gasteiger partial charge in [-0.3, -0.25) is 0 Å². The van der Waals surface area contributed by atoms with Crippen LogP contribution in [-0.2, 0) is 19.5 Å². The maximum absolute atomic E-state index is 12.6. The van der Waals surface area contributed by atoms with E-state index in [1.807, 2.05) is 20.8 Å². The van der Waals surface area contributed by atoms with Crippen LogP contribution in [0, 0.1) is 0 Å². The van der Waals surface area contributed by atoms with Gasteiger partial charge in [-0.05, 0) is 33.6 Å². The first-order valence-electron chi connectivity index (χ1n) is 6.56. The molecule has 0 spiro atoms. The Labute approximate surface area is 109 Å². The molecule has 2 aliphatic rings. The molecular formula is C12H23NO4S. The number of morpholine rings is 1. The average Bonchev–Trinajstić information content (AvgIpc) is 2.27. The maximum Gasteiger partial charge on any atom is 0.217 e. The van der Waals surface area contributed by atoms with E-state index in [9.17, 15) is 8.42 Å². The lowest BCUT2D eigenvalue weighted by Gasteiger charge is -2.40. The molecule has 2 atom stereocenters. The standard InChI is InChI=1S/C12H23NO4S/c1-10-8-11(4-6-16-10)18(14,15)13-5-7-17-12(2,3)9-13/h10-11H,4-9H2,1-3H3/t10-,11-/m0/s1. The Kier molecular flexibility index (Phi) is 4.02. The van der Waals surface area contributed by atoms with Crippen LogP contribution >= 0.6 is 0 Å². The predicted molar refractivity (Wildman–Crippen MR) is 69.0 cm³/mol. The topological polar surface area (TPSA) is 55.8 Å². The highest BCUT2D eigenvalue weighted by Crippen LogP contribution is 2.26. The zero-order valence-corrected chi connectivity index (χ0v) is 12.2. The average molecular weight is 277 g/mol. The third-order valence-corrected chi connectivity index (χ3v) is 5.91. The summed E-state index contributed by atoms with van der Waals surface area (Å²) in [6, 6.07) is 0. The van der Waals surface area contributed by atoms with Crippen LogP contribution in [0.25, 0.3) is 0 Å². The van der Waals surface area contributed by atoms with Gasteiger partial charge >= 0.3 is 0 Å². The molecule has 2 saturated heterocycles. The third-order valence-electron chi connectivity index (χ3n) is 3.61. The van der Waals surface area contributed by atoms with Gasteiger partial charge in [0.05, 0.1) is 23.6 Å².